The van der Waals surface area contributed by atoms with Crippen molar-refractivity contribution in [2.45, 2.75) is 18.8 Å². The van der Waals surface area contributed by atoms with E-state index in [9.17, 15) is 4.79 Å². The van der Waals surface area contributed by atoms with Crippen LogP contribution < -0.4 is 0 Å². The molecular weight excluding hydrogens is 430 g/mol. The molecule has 1 saturated heterocycles. The lowest BCUT2D eigenvalue weighted by Crippen LogP contribution is -2.38. The van der Waals surface area contributed by atoms with Gasteiger partial charge in [0.15, 0.2) is 23.0 Å². The maximum atomic E-state index is 13.4. The fraction of sp³-hybridized carbons (Fsp3) is 0.200. The number of amides is 1. The molecule has 1 amide bonds. The van der Waals surface area contributed by atoms with Crippen molar-refractivity contribution in [1.82, 2.24) is 34.6 Å². The molecule has 5 aromatic rings. The summed E-state index contributed by atoms with van der Waals surface area (Å²) in [5, 5.41) is 4.61. The normalized spacial score (nSPS) is 14.5. The van der Waals surface area contributed by atoms with Crippen molar-refractivity contribution >= 4 is 17.0 Å². The molecule has 0 bridgehead atoms. The van der Waals surface area contributed by atoms with Crippen LogP contribution >= 0.6 is 0 Å². The van der Waals surface area contributed by atoms with Gasteiger partial charge in [0.05, 0.1) is 11.9 Å². The zero-order valence-electron chi connectivity index (χ0n) is 18.3. The van der Waals surface area contributed by atoms with Crippen molar-refractivity contribution < 1.29 is 9.21 Å². The first-order valence-electron chi connectivity index (χ1n) is 11.2. The first kappa shape index (κ1) is 20.2. The summed E-state index contributed by atoms with van der Waals surface area (Å²) in [5.74, 6) is 1.39. The zero-order valence-corrected chi connectivity index (χ0v) is 18.3. The molecule has 6 rings (SSSR count). The van der Waals surface area contributed by atoms with Crippen molar-refractivity contribution in [1.29, 1.82) is 0 Å². The zero-order chi connectivity index (χ0) is 22.9. The summed E-state index contributed by atoms with van der Waals surface area (Å²) in [6.45, 7) is 1.23. The summed E-state index contributed by atoms with van der Waals surface area (Å²) in [4.78, 5) is 32.5. The summed E-state index contributed by atoms with van der Waals surface area (Å²) < 4.78 is 7.61. The number of hydrogen-bond donors (Lipinski definition) is 0. The fourth-order valence-electron chi connectivity index (χ4n) is 4.35. The standard InChI is InChI=1S/C25H21N7O2/c33-25(31-13-7-18(8-14-31)24-29-19-3-1-2-4-22(19)34-24)20-15-21(17-5-9-26-10-6-17)32(30-20)23-16-27-11-12-28-23/h1-6,9-12,15-16,18H,7-8,13-14H2. The van der Waals surface area contributed by atoms with E-state index in [0.717, 1.165) is 41.1 Å². The van der Waals surface area contributed by atoms with Crippen LogP contribution in [0.25, 0.3) is 28.2 Å². The van der Waals surface area contributed by atoms with Crippen molar-refractivity contribution in [3.63, 3.8) is 0 Å². The van der Waals surface area contributed by atoms with E-state index in [-0.39, 0.29) is 11.8 Å². The van der Waals surface area contributed by atoms with Crippen LogP contribution in [0, 0.1) is 0 Å². The Balaban J connectivity index is 1.24. The Morgan fingerprint density at radius 3 is 2.56 bits per heavy atom. The second-order valence-corrected chi connectivity index (χ2v) is 8.21. The highest BCUT2D eigenvalue weighted by molar-refractivity contribution is 5.93. The highest BCUT2D eigenvalue weighted by Gasteiger charge is 2.29. The number of benzene rings is 1. The summed E-state index contributed by atoms with van der Waals surface area (Å²) in [5.41, 5.74) is 3.69. The van der Waals surface area contributed by atoms with Gasteiger partial charge >= 0.3 is 0 Å². The van der Waals surface area contributed by atoms with Crippen molar-refractivity contribution in [3.05, 3.63) is 85.0 Å². The lowest BCUT2D eigenvalue weighted by atomic mass is 9.96. The molecule has 9 nitrogen and oxygen atoms in total. The summed E-state index contributed by atoms with van der Waals surface area (Å²) in [6, 6.07) is 13.3. The van der Waals surface area contributed by atoms with Crippen LogP contribution in [-0.2, 0) is 0 Å². The molecule has 0 atom stereocenters. The van der Waals surface area contributed by atoms with Gasteiger partial charge in [-0.3, -0.25) is 14.8 Å². The van der Waals surface area contributed by atoms with Gasteiger partial charge in [-0.05, 0) is 43.2 Å². The average molecular weight is 451 g/mol. The topological polar surface area (TPSA) is 103 Å². The molecule has 1 aliphatic rings. The molecule has 1 aliphatic heterocycles. The van der Waals surface area contributed by atoms with Crippen LogP contribution in [0.5, 0.6) is 0 Å². The van der Waals surface area contributed by atoms with E-state index < -0.39 is 0 Å². The van der Waals surface area contributed by atoms with E-state index in [2.05, 4.69) is 25.0 Å². The molecule has 168 valence electrons. The van der Waals surface area contributed by atoms with Gasteiger partial charge in [0.25, 0.3) is 5.91 Å². The maximum Gasteiger partial charge on any atom is 0.274 e. The first-order valence-corrected chi connectivity index (χ1v) is 11.2. The number of rotatable bonds is 4. The minimum atomic E-state index is -0.103. The van der Waals surface area contributed by atoms with E-state index in [4.69, 9.17) is 4.42 Å². The molecule has 5 heterocycles. The Bertz CT molecular complexity index is 1350. The number of aromatic nitrogens is 6. The largest absolute Gasteiger partial charge is 0.440 e. The second kappa shape index (κ2) is 8.51. The van der Waals surface area contributed by atoms with Crippen molar-refractivity contribution in [3.8, 4) is 17.1 Å². The molecule has 1 fully saturated rings. The van der Waals surface area contributed by atoms with Crippen LogP contribution in [-0.4, -0.2) is 53.6 Å². The van der Waals surface area contributed by atoms with Crippen molar-refractivity contribution in [2.75, 3.05) is 13.1 Å². The smallest absolute Gasteiger partial charge is 0.274 e. The van der Waals surface area contributed by atoms with Crippen LogP contribution in [0.1, 0.15) is 35.1 Å². The van der Waals surface area contributed by atoms with Gasteiger partial charge in [-0.1, -0.05) is 12.1 Å². The van der Waals surface area contributed by atoms with E-state index >= 15 is 0 Å². The maximum absolute atomic E-state index is 13.4. The molecule has 0 radical (unpaired) electrons. The third-order valence-corrected chi connectivity index (χ3v) is 6.11. The molecule has 0 N–H and O–H groups in total. The van der Waals surface area contributed by atoms with E-state index in [1.54, 1.807) is 41.7 Å². The van der Waals surface area contributed by atoms with Crippen LogP contribution in [0.3, 0.4) is 0 Å². The lowest BCUT2D eigenvalue weighted by Gasteiger charge is -2.30. The Morgan fingerprint density at radius 1 is 0.971 bits per heavy atom. The Labute approximate surface area is 195 Å². The third-order valence-electron chi connectivity index (χ3n) is 6.11. The number of hydrogen-bond acceptors (Lipinski definition) is 7. The summed E-state index contributed by atoms with van der Waals surface area (Å²) in [7, 11) is 0. The Hall–Kier alpha value is -4.40. The molecule has 34 heavy (non-hydrogen) atoms. The Morgan fingerprint density at radius 2 is 1.79 bits per heavy atom. The number of carbonyl (C=O) groups is 1. The van der Waals surface area contributed by atoms with Crippen LogP contribution in [0.2, 0.25) is 0 Å². The summed E-state index contributed by atoms with van der Waals surface area (Å²) in [6.07, 6.45) is 9.83. The number of fused-ring (bicyclic) bond motifs is 1. The highest BCUT2D eigenvalue weighted by atomic mass is 16.3. The monoisotopic (exact) mass is 451 g/mol. The van der Waals surface area contributed by atoms with Gasteiger partial charge in [-0.25, -0.2) is 14.6 Å². The van der Waals surface area contributed by atoms with Gasteiger partial charge in [-0.2, -0.15) is 5.10 Å². The van der Waals surface area contributed by atoms with Gasteiger partial charge in [0, 0.05) is 49.4 Å². The second-order valence-electron chi connectivity index (χ2n) is 8.21. The van der Waals surface area contributed by atoms with Crippen LogP contribution in [0.15, 0.2) is 77.9 Å². The number of carbonyl (C=O) groups excluding carboxylic acids is 1. The quantitative estimate of drug-likeness (QED) is 0.408. The Kier molecular flexibility index (Phi) is 5.06. The predicted octanol–water partition coefficient (Wildman–Crippen LogP) is 3.89. The molecule has 9 heteroatoms. The number of pyridine rings is 1. The summed E-state index contributed by atoms with van der Waals surface area (Å²) >= 11 is 0. The molecule has 4 aromatic heterocycles. The van der Waals surface area contributed by atoms with Crippen LogP contribution in [0.4, 0.5) is 0 Å². The van der Waals surface area contributed by atoms with E-state index in [0.29, 0.717) is 24.6 Å². The number of para-hydroxylation sites is 2. The SMILES string of the molecule is O=C(c1cc(-c2ccncc2)n(-c2cnccn2)n1)N1CCC(c2nc3ccccc3o2)CC1. The average Bonchev–Trinajstić information content (AvgIpc) is 3.55. The number of oxazole rings is 1. The molecular formula is C25H21N7O2. The molecule has 1 aromatic carbocycles. The first-order chi connectivity index (χ1) is 16.8. The number of nitrogens with zero attached hydrogens (tertiary/aromatic N) is 7. The third kappa shape index (κ3) is 3.71. The van der Waals surface area contributed by atoms with Crippen molar-refractivity contribution in [2.24, 2.45) is 0 Å². The van der Waals surface area contributed by atoms with Gasteiger partial charge in [-0.15, -0.1) is 0 Å². The lowest BCUT2D eigenvalue weighted by molar-refractivity contribution is 0.0700. The molecule has 0 spiro atoms. The predicted molar refractivity (Wildman–Crippen MR) is 124 cm³/mol. The number of likely N-dealkylation sites (tertiary alicyclic amines) is 1. The molecule has 0 unspecified atom stereocenters. The fourth-order valence-corrected chi connectivity index (χ4v) is 4.35. The minimum Gasteiger partial charge on any atom is -0.440 e. The van der Waals surface area contributed by atoms with Gasteiger partial charge < -0.3 is 9.32 Å². The van der Waals surface area contributed by atoms with Gasteiger partial charge in [0.1, 0.15) is 5.52 Å². The highest BCUT2D eigenvalue weighted by Crippen LogP contribution is 2.31. The van der Waals surface area contributed by atoms with E-state index in [1.807, 2.05) is 41.3 Å². The van der Waals surface area contributed by atoms with Gasteiger partial charge in [0.2, 0.25) is 0 Å². The molecule has 0 aliphatic carbocycles. The number of piperidine rings is 1. The minimum absolute atomic E-state index is 0.103. The molecule has 0 saturated carbocycles. The van der Waals surface area contributed by atoms with E-state index in [1.165, 1.54) is 0 Å².